The van der Waals surface area contributed by atoms with E-state index in [2.05, 4.69) is 11.6 Å². The van der Waals surface area contributed by atoms with Crippen molar-refractivity contribution < 1.29 is 8.42 Å². The molecule has 3 N–H and O–H groups in total. The zero-order valence-corrected chi connectivity index (χ0v) is 13.2. The molecule has 0 amide bonds. The van der Waals surface area contributed by atoms with E-state index >= 15 is 0 Å². The molecule has 1 saturated carbocycles. The molecule has 0 heterocycles. The SMILES string of the molecule is CC1(CNS(=O)(=O)c2c(N)cccc2Cl)CCCCC1. The van der Waals surface area contributed by atoms with Crippen LogP contribution < -0.4 is 10.5 Å². The van der Waals surface area contributed by atoms with Gasteiger partial charge in [0.1, 0.15) is 4.90 Å². The van der Waals surface area contributed by atoms with Gasteiger partial charge in [-0.1, -0.05) is 43.9 Å². The van der Waals surface area contributed by atoms with Gasteiger partial charge in [0.25, 0.3) is 0 Å². The minimum absolute atomic E-state index is 0.0129. The van der Waals surface area contributed by atoms with Crippen molar-refractivity contribution in [3.05, 3.63) is 23.2 Å². The second-order valence-corrected chi connectivity index (χ2v) is 7.97. The number of benzene rings is 1. The summed E-state index contributed by atoms with van der Waals surface area (Å²) < 4.78 is 27.4. The Balaban J connectivity index is 2.15. The molecule has 1 aliphatic carbocycles. The Hall–Kier alpha value is -0.780. The smallest absolute Gasteiger partial charge is 0.244 e. The number of nitrogens with one attached hydrogen (secondary N) is 1. The monoisotopic (exact) mass is 316 g/mol. The van der Waals surface area contributed by atoms with Crippen LogP contribution in [0, 0.1) is 5.41 Å². The molecule has 1 aromatic carbocycles. The van der Waals surface area contributed by atoms with E-state index in [9.17, 15) is 8.42 Å². The minimum Gasteiger partial charge on any atom is -0.398 e. The average Bonchev–Trinajstić information content (AvgIpc) is 2.37. The number of rotatable bonds is 4. The highest BCUT2D eigenvalue weighted by Gasteiger charge is 2.30. The molecule has 0 aromatic heterocycles. The molecule has 0 unspecified atom stereocenters. The summed E-state index contributed by atoms with van der Waals surface area (Å²) in [6.45, 7) is 2.56. The van der Waals surface area contributed by atoms with E-state index in [1.807, 2.05) is 0 Å². The van der Waals surface area contributed by atoms with Crippen molar-refractivity contribution >= 4 is 27.3 Å². The molecule has 20 heavy (non-hydrogen) atoms. The molecule has 1 aliphatic rings. The van der Waals surface area contributed by atoms with Gasteiger partial charge < -0.3 is 5.73 Å². The summed E-state index contributed by atoms with van der Waals surface area (Å²) in [6.07, 6.45) is 5.65. The number of nitrogen functional groups attached to an aromatic ring is 1. The second kappa shape index (κ2) is 5.92. The quantitative estimate of drug-likeness (QED) is 0.838. The molecule has 0 spiro atoms. The van der Waals surface area contributed by atoms with Crippen molar-refractivity contribution in [3.63, 3.8) is 0 Å². The Kier molecular flexibility index (Phi) is 4.62. The summed E-state index contributed by atoms with van der Waals surface area (Å²) in [5, 5.41) is 0.159. The fourth-order valence-corrected chi connectivity index (χ4v) is 4.61. The Morgan fingerprint density at radius 1 is 1.30 bits per heavy atom. The number of anilines is 1. The predicted octanol–water partition coefficient (Wildman–Crippen LogP) is 3.17. The van der Waals surface area contributed by atoms with Gasteiger partial charge in [-0.3, -0.25) is 0 Å². The molecule has 2 rings (SSSR count). The molecule has 1 fully saturated rings. The molecule has 112 valence electrons. The lowest BCUT2D eigenvalue weighted by Gasteiger charge is -2.33. The van der Waals surface area contributed by atoms with Gasteiger partial charge >= 0.3 is 0 Å². The van der Waals surface area contributed by atoms with E-state index in [-0.39, 0.29) is 21.0 Å². The van der Waals surface area contributed by atoms with E-state index in [0.717, 1.165) is 25.7 Å². The number of halogens is 1. The number of hydrogen-bond acceptors (Lipinski definition) is 3. The van der Waals surface area contributed by atoms with Gasteiger partial charge in [0.15, 0.2) is 0 Å². The first-order chi connectivity index (χ1) is 9.34. The van der Waals surface area contributed by atoms with Crippen molar-refractivity contribution in [2.24, 2.45) is 5.41 Å². The first-order valence-electron chi connectivity index (χ1n) is 6.88. The topological polar surface area (TPSA) is 72.2 Å². The van der Waals surface area contributed by atoms with Crippen LogP contribution in [0.3, 0.4) is 0 Å². The average molecular weight is 317 g/mol. The minimum atomic E-state index is -3.67. The highest BCUT2D eigenvalue weighted by atomic mass is 35.5. The second-order valence-electron chi connectivity index (χ2n) is 5.85. The molecule has 6 heteroatoms. The maximum atomic E-state index is 12.4. The first kappa shape index (κ1) is 15.6. The van der Waals surface area contributed by atoms with Crippen molar-refractivity contribution in [3.8, 4) is 0 Å². The number of hydrogen-bond donors (Lipinski definition) is 2. The highest BCUT2D eigenvalue weighted by molar-refractivity contribution is 7.89. The molecule has 1 aromatic rings. The predicted molar refractivity (Wildman–Crippen MR) is 82.2 cm³/mol. The van der Waals surface area contributed by atoms with E-state index in [4.69, 9.17) is 17.3 Å². The molecular weight excluding hydrogens is 296 g/mol. The van der Waals surface area contributed by atoms with Crippen LogP contribution in [0.2, 0.25) is 5.02 Å². The summed E-state index contributed by atoms with van der Waals surface area (Å²) in [4.78, 5) is -0.0129. The molecular formula is C14H21ClN2O2S. The zero-order chi connectivity index (χ0) is 14.8. The molecule has 0 radical (unpaired) electrons. The van der Waals surface area contributed by atoms with Gasteiger partial charge in [0.05, 0.1) is 10.7 Å². The molecule has 0 bridgehead atoms. The van der Waals surface area contributed by atoms with Gasteiger partial charge in [-0.25, -0.2) is 13.1 Å². The molecule has 0 saturated heterocycles. The van der Waals surface area contributed by atoms with E-state index < -0.39 is 10.0 Å². The lowest BCUT2D eigenvalue weighted by atomic mass is 9.76. The maximum absolute atomic E-state index is 12.4. The third-order valence-corrected chi connectivity index (χ3v) is 5.96. The highest BCUT2D eigenvalue weighted by Crippen LogP contribution is 2.35. The van der Waals surface area contributed by atoms with Crippen LogP contribution in [0.1, 0.15) is 39.0 Å². The third kappa shape index (κ3) is 3.45. The molecule has 0 aliphatic heterocycles. The van der Waals surface area contributed by atoms with E-state index in [0.29, 0.717) is 6.54 Å². The summed E-state index contributed by atoms with van der Waals surface area (Å²) in [5.41, 5.74) is 5.95. The van der Waals surface area contributed by atoms with Crippen LogP contribution in [0.4, 0.5) is 5.69 Å². The summed E-state index contributed by atoms with van der Waals surface area (Å²) in [5.74, 6) is 0. The summed E-state index contributed by atoms with van der Waals surface area (Å²) in [6, 6.07) is 4.72. The largest absolute Gasteiger partial charge is 0.398 e. The third-order valence-electron chi connectivity index (χ3n) is 4.02. The van der Waals surface area contributed by atoms with Gasteiger partial charge in [-0.15, -0.1) is 0 Å². The number of sulfonamides is 1. The Morgan fingerprint density at radius 2 is 1.95 bits per heavy atom. The van der Waals surface area contributed by atoms with Crippen molar-refractivity contribution in [2.45, 2.75) is 43.9 Å². The van der Waals surface area contributed by atoms with Crippen LogP contribution in [0.25, 0.3) is 0 Å². The Labute approximate surface area is 125 Å². The zero-order valence-electron chi connectivity index (χ0n) is 11.7. The fourth-order valence-electron chi connectivity index (χ4n) is 2.73. The van der Waals surface area contributed by atoms with Crippen molar-refractivity contribution in [2.75, 3.05) is 12.3 Å². The summed E-state index contributed by atoms with van der Waals surface area (Å²) >= 11 is 5.97. The summed E-state index contributed by atoms with van der Waals surface area (Å²) in [7, 11) is -3.67. The lowest BCUT2D eigenvalue weighted by molar-refractivity contribution is 0.219. The van der Waals surface area contributed by atoms with Crippen LogP contribution in [-0.2, 0) is 10.0 Å². The van der Waals surface area contributed by atoms with Crippen LogP contribution >= 0.6 is 11.6 Å². The first-order valence-corrected chi connectivity index (χ1v) is 8.74. The van der Waals surface area contributed by atoms with Gasteiger partial charge in [-0.05, 0) is 30.4 Å². The van der Waals surface area contributed by atoms with E-state index in [1.54, 1.807) is 12.1 Å². The number of nitrogens with two attached hydrogens (primary N) is 1. The standard InChI is InChI=1S/C14H21ClN2O2S/c1-14(8-3-2-4-9-14)10-17-20(18,19)13-11(15)6-5-7-12(13)16/h5-7,17H,2-4,8-10,16H2,1H3. The lowest BCUT2D eigenvalue weighted by Crippen LogP contribution is -2.37. The van der Waals surface area contributed by atoms with Crippen LogP contribution in [-0.4, -0.2) is 15.0 Å². The van der Waals surface area contributed by atoms with Gasteiger partial charge in [0, 0.05) is 6.54 Å². The maximum Gasteiger partial charge on any atom is 0.244 e. The molecule has 4 nitrogen and oxygen atoms in total. The van der Waals surface area contributed by atoms with Gasteiger partial charge in [-0.2, -0.15) is 0 Å². The Morgan fingerprint density at radius 3 is 2.55 bits per heavy atom. The van der Waals surface area contributed by atoms with Crippen LogP contribution in [0.5, 0.6) is 0 Å². The normalized spacial score (nSPS) is 18.9. The van der Waals surface area contributed by atoms with Crippen LogP contribution in [0.15, 0.2) is 23.1 Å². The fraction of sp³-hybridized carbons (Fsp3) is 0.571. The van der Waals surface area contributed by atoms with Crippen molar-refractivity contribution in [1.82, 2.24) is 4.72 Å². The van der Waals surface area contributed by atoms with Crippen molar-refractivity contribution in [1.29, 1.82) is 0 Å². The Bertz CT molecular complexity index is 561. The molecule has 0 atom stereocenters. The van der Waals surface area contributed by atoms with Gasteiger partial charge in [0.2, 0.25) is 10.0 Å². The van der Waals surface area contributed by atoms with E-state index in [1.165, 1.54) is 12.5 Å².